The van der Waals surface area contributed by atoms with Crippen LogP contribution in [0.25, 0.3) is 0 Å². The number of amides is 2. The Hall–Kier alpha value is -4.06. The van der Waals surface area contributed by atoms with Gasteiger partial charge in [0.1, 0.15) is 17.2 Å². The summed E-state index contributed by atoms with van der Waals surface area (Å²) in [5.41, 5.74) is -3.67. The Morgan fingerprint density at radius 1 is 1.07 bits per heavy atom. The smallest absolute Gasteiger partial charge is 0.261 e. The van der Waals surface area contributed by atoms with E-state index in [1.165, 1.54) is 37.1 Å². The van der Waals surface area contributed by atoms with E-state index in [1.54, 1.807) is 0 Å². The number of halogens is 4. The number of benzene rings is 1. The number of anilines is 2. The Morgan fingerprint density at radius 3 is 2.48 bits per heavy atom. The molecule has 3 aliphatic rings. The minimum atomic E-state index is -1.60. The fourth-order valence-electron chi connectivity index (χ4n) is 5.51. The second-order valence-corrected chi connectivity index (χ2v) is 10.9. The van der Waals surface area contributed by atoms with Crippen LogP contribution in [0.5, 0.6) is 0 Å². The van der Waals surface area contributed by atoms with Crippen LogP contribution >= 0.6 is 0 Å². The van der Waals surface area contributed by atoms with Crippen molar-refractivity contribution in [2.75, 3.05) is 29.9 Å². The Labute approximate surface area is 226 Å². The number of hydrogen-bond donors (Lipinski definition) is 2. The fraction of sp³-hybridized carbons (Fsp3) is 0.357. The summed E-state index contributed by atoms with van der Waals surface area (Å²) in [5.74, 6) is -5.10. The molecule has 0 unspecified atom stereocenters. The zero-order valence-electron chi connectivity index (χ0n) is 21.6. The predicted octanol–water partition coefficient (Wildman–Crippen LogP) is 3.46. The Balaban J connectivity index is 1.41. The van der Waals surface area contributed by atoms with E-state index >= 15 is 8.78 Å². The highest BCUT2D eigenvalue weighted by Gasteiger charge is 2.52. The quantitative estimate of drug-likeness (QED) is 0.468. The molecular formula is C28H25F4N5O3. The first-order valence-corrected chi connectivity index (χ1v) is 12.8. The van der Waals surface area contributed by atoms with E-state index in [4.69, 9.17) is 0 Å². The summed E-state index contributed by atoms with van der Waals surface area (Å²) < 4.78 is 60.8. The molecule has 1 saturated heterocycles. The second kappa shape index (κ2) is 8.98. The molecule has 4 heterocycles. The van der Waals surface area contributed by atoms with Gasteiger partial charge in [0.15, 0.2) is 23.3 Å². The molecule has 2 aromatic heterocycles. The van der Waals surface area contributed by atoms with Gasteiger partial charge in [0.05, 0.1) is 11.6 Å². The van der Waals surface area contributed by atoms with Crippen molar-refractivity contribution in [1.29, 1.82) is 0 Å². The third-order valence-corrected chi connectivity index (χ3v) is 8.06. The zero-order chi connectivity index (χ0) is 28.6. The standard InChI is InChI=1S/C28H25F4N5O3/c1-14-18(29)6-5-17(21(14)31)27(2)13-37(24-19(30)4-3-9-33-24)25(38)16-10-34-23(22(32)20(16)27)35-15-11-36(12-15)26(39)28(40)7-8-28/h3-6,9-10,15,40H,7-8,11-13H2,1-2H3,(H,34,35)/t27-/m1/s1. The van der Waals surface area contributed by atoms with Crippen molar-refractivity contribution in [2.24, 2.45) is 0 Å². The van der Waals surface area contributed by atoms with Gasteiger partial charge in [-0.05, 0) is 44.9 Å². The van der Waals surface area contributed by atoms with Gasteiger partial charge in [0.2, 0.25) is 0 Å². The lowest BCUT2D eigenvalue weighted by Gasteiger charge is -2.43. The summed E-state index contributed by atoms with van der Waals surface area (Å²) in [6, 6.07) is 4.34. The molecule has 0 spiro atoms. The van der Waals surface area contributed by atoms with E-state index in [0.717, 1.165) is 23.2 Å². The summed E-state index contributed by atoms with van der Waals surface area (Å²) in [6.07, 6.45) is 3.25. The number of aromatic nitrogens is 2. The number of aliphatic hydroxyl groups is 1. The lowest BCUT2D eigenvalue weighted by Crippen LogP contribution is -2.60. The average molecular weight is 556 g/mol. The number of nitrogens with zero attached hydrogens (tertiary/aromatic N) is 4. The first-order chi connectivity index (χ1) is 18.9. The molecule has 3 aromatic rings. The van der Waals surface area contributed by atoms with Gasteiger partial charge in [-0.2, -0.15) is 0 Å². The molecular weight excluding hydrogens is 530 g/mol. The van der Waals surface area contributed by atoms with Crippen molar-refractivity contribution in [3.05, 3.63) is 82.2 Å². The van der Waals surface area contributed by atoms with Crippen molar-refractivity contribution < 1.29 is 32.3 Å². The van der Waals surface area contributed by atoms with Gasteiger partial charge < -0.3 is 15.3 Å². The molecule has 1 saturated carbocycles. The maximum absolute atomic E-state index is 16.3. The molecule has 1 aromatic carbocycles. The normalized spacial score (nSPS) is 21.6. The summed E-state index contributed by atoms with van der Waals surface area (Å²) in [4.78, 5) is 36.4. The molecule has 2 amide bonds. The van der Waals surface area contributed by atoms with E-state index in [2.05, 4.69) is 15.3 Å². The topological polar surface area (TPSA) is 98.7 Å². The van der Waals surface area contributed by atoms with E-state index < -0.39 is 40.2 Å². The van der Waals surface area contributed by atoms with Crippen molar-refractivity contribution in [2.45, 2.75) is 43.7 Å². The van der Waals surface area contributed by atoms with Gasteiger partial charge in [0.25, 0.3) is 11.8 Å². The number of carbonyl (C=O) groups is 2. The minimum absolute atomic E-state index is 0.0874. The SMILES string of the molecule is Cc1c(F)ccc([C@@]2(C)CN(c3ncccc3F)C(=O)c3cnc(NC4CN(C(=O)C5(O)CC5)C4)c(F)c32)c1F. The van der Waals surface area contributed by atoms with Gasteiger partial charge in [0, 0.05) is 54.1 Å². The third-order valence-electron chi connectivity index (χ3n) is 8.06. The predicted molar refractivity (Wildman–Crippen MR) is 136 cm³/mol. The van der Waals surface area contributed by atoms with Gasteiger partial charge in [-0.1, -0.05) is 6.07 Å². The van der Waals surface area contributed by atoms with E-state index in [0.29, 0.717) is 12.8 Å². The van der Waals surface area contributed by atoms with Crippen molar-refractivity contribution in [3.8, 4) is 0 Å². The van der Waals surface area contributed by atoms with Crippen molar-refractivity contribution in [3.63, 3.8) is 0 Å². The van der Waals surface area contributed by atoms with Crippen LogP contribution in [-0.4, -0.2) is 63.1 Å². The van der Waals surface area contributed by atoms with Crippen LogP contribution in [0, 0.1) is 30.2 Å². The molecule has 2 N–H and O–H groups in total. The molecule has 1 aliphatic carbocycles. The first-order valence-electron chi connectivity index (χ1n) is 12.8. The van der Waals surface area contributed by atoms with Crippen LogP contribution in [0.2, 0.25) is 0 Å². The summed E-state index contributed by atoms with van der Waals surface area (Å²) in [5, 5.41) is 13.0. The van der Waals surface area contributed by atoms with Crippen LogP contribution < -0.4 is 10.2 Å². The zero-order valence-corrected chi connectivity index (χ0v) is 21.6. The number of rotatable bonds is 5. The van der Waals surface area contributed by atoms with Crippen molar-refractivity contribution >= 4 is 23.5 Å². The number of pyridine rings is 2. The molecule has 208 valence electrons. The Bertz CT molecular complexity index is 1570. The van der Waals surface area contributed by atoms with Gasteiger partial charge >= 0.3 is 0 Å². The molecule has 0 bridgehead atoms. The fourth-order valence-corrected chi connectivity index (χ4v) is 5.51. The molecule has 12 heteroatoms. The molecule has 6 rings (SSSR count). The highest BCUT2D eigenvalue weighted by atomic mass is 19.1. The number of nitrogens with one attached hydrogen (secondary N) is 1. The van der Waals surface area contributed by atoms with E-state index in [9.17, 15) is 23.5 Å². The van der Waals surface area contributed by atoms with Gasteiger partial charge in [-0.25, -0.2) is 27.5 Å². The van der Waals surface area contributed by atoms with Crippen LogP contribution in [-0.2, 0) is 10.2 Å². The number of fused-ring (bicyclic) bond motifs is 1. The second-order valence-electron chi connectivity index (χ2n) is 10.9. The molecule has 1 atom stereocenters. The van der Waals surface area contributed by atoms with Crippen molar-refractivity contribution in [1.82, 2.24) is 14.9 Å². The van der Waals surface area contributed by atoms with Crippen LogP contribution in [0.15, 0.2) is 36.7 Å². The average Bonchev–Trinajstić information content (AvgIpc) is 3.66. The monoisotopic (exact) mass is 555 g/mol. The molecule has 8 nitrogen and oxygen atoms in total. The Kier molecular flexibility index (Phi) is 5.88. The number of likely N-dealkylation sites (tertiary alicyclic amines) is 1. The number of hydrogen-bond acceptors (Lipinski definition) is 6. The van der Waals surface area contributed by atoms with Crippen LogP contribution in [0.3, 0.4) is 0 Å². The summed E-state index contributed by atoms with van der Waals surface area (Å²) >= 11 is 0. The first kappa shape index (κ1) is 26.2. The minimum Gasteiger partial charge on any atom is -0.380 e. The van der Waals surface area contributed by atoms with Gasteiger partial charge in [-0.15, -0.1) is 0 Å². The van der Waals surface area contributed by atoms with Gasteiger partial charge in [-0.3, -0.25) is 14.5 Å². The number of carbonyl (C=O) groups excluding carboxylic acids is 2. The maximum Gasteiger partial charge on any atom is 0.261 e. The lowest BCUT2D eigenvalue weighted by molar-refractivity contribution is -0.146. The highest BCUT2D eigenvalue weighted by Crippen LogP contribution is 2.45. The largest absolute Gasteiger partial charge is 0.380 e. The summed E-state index contributed by atoms with van der Waals surface area (Å²) in [7, 11) is 0. The molecule has 2 aliphatic heterocycles. The lowest BCUT2D eigenvalue weighted by atomic mass is 9.71. The molecule has 0 radical (unpaired) electrons. The van der Waals surface area contributed by atoms with E-state index in [1.807, 2.05) is 0 Å². The maximum atomic E-state index is 16.3. The summed E-state index contributed by atoms with van der Waals surface area (Å²) in [6.45, 7) is 2.79. The Morgan fingerprint density at radius 2 is 1.80 bits per heavy atom. The molecule has 2 fully saturated rings. The third kappa shape index (κ3) is 3.92. The highest BCUT2D eigenvalue weighted by molar-refractivity contribution is 6.08. The van der Waals surface area contributed by atoms with Crippen LogP contribution in [0.1, 0.15) is 46.8 Å². The van der Waals surface area contributed by atoms with E-state index in [-0.39, 0.29) is 65.5 Å². The molecule has 40 heavy (non-hydrogen) atoms. The van der Waals surface area contributed by atoms with Crippen LogP contribution in [0.4, 0.5) is 29.2 Å².